The fourth-order valence-electron chi connectivity index (χ4n) is 1.45. The maximum Gasteiger partial charge on any atom is 0.258 e. The summed E-state index contributed by atoms with van der Waals surface area (Å²) in [5.74, 6) is 1.28. The monoisotopic (exact) mass is 266 g/mol. The number of rotatable bonds is 3. The van der Waals surface area contributed by atoms with E-state index in [-0.39, 0.29) is 0 Å². The highest BCUT2D eigenvalue weighted by Gasteiger charge is 2.10. The number of aromatic nitrogens is 2. The van der Waals surface area contributed by atoms with E-state index >= 15 is 0 Å². The second kappa shape index (κ2) is 4.57. The third kappa shape index (κ3) is 2.09. The summed E-state index contributed by atoms with van der Waals surface area (Å²) in [6, 6.07) is 8.08. The second-order valence-corrected chi connectivity index (χ2v) is 3.72. The van der Waals surface area contributed by atoms with Crippen LogP contribution in [-0.2, 0) is 11.8 Å². The van der Waals surface area contributed by atoms with Gasteiger partial charge in [0.25, 0.3) is 5.89 Å². The van der Waals surface area contributed by atoms with Crippen molar-refractivity contribution in [2.24, 2.45) is 0 Å². The predicted octanol–water partition coefficient (Wildman–Crippen LogP) is 3.19. The lowest BCUT2D eigenvalue weighted by Crippen LogP contribution is -1.87. The molecule has 0 aliphatic carbocycles. The average molecular weight is 267 g/mol. The van der Waals surface area contributed by atoms with Crippen LogP contribution in [0.15, 0.2) is 28.8 Å². The van der Waals surface area contributed by atoms with Crippen LogP contribution >= 0.6 is 15.9 Å². The maximum atomic E-state index is 5.19. The third-order valence-corrected chi connectivity index (χ3v) is 2.72. The molecule has 2 aromatic rings. The van der Waals surface area contributed by atoms with Crippen molar-refractivity contribution in [3.8, 4) is 11.5 Å². The van der Waals surface area contributed by atoms with E-state index in [1.54, 1.807) is 0 Å². The average Bonchev–Trinajstić information content (AvgIpc) is 2.77. The number of hydrogen-bond donors (Lipinski definition) is 0. The molecule has 0 aliphatic rings. The van der Waals surface area contributed by atoms with E-state index in [1.165, 1.54) is 5.56 Å². The lowest BCUT2D eigenvalue weighted by atomic mass is 10.1. The zero-order valence-corrected chi connectivity index (χ0v) is 9.99. The topological polar surface area (TPSA) is 38.9 Å². The maximum absolute atomic E-state index is 5.19. The van der Waals surface area contributed by atoms with Crippen molar-refractivity contribution in [3.63, 3.8) is 0 Å². The van der Waals surface area contributed by atoms with Gasteiger partial charge in [-0.25, -0.2) is 0 Å². The Morgan fingerprint density at radius 2 is 2.13 bits per heavy atom. The van der Waals surface area contributed by atoms with Crippen LogP contribution in [0.25, 0.3) is 11.5 Å². The van der Waals surface area contributed by atoms with Gasteiger partial charge < -0.3 is 4.52 Å². The Kier molecular flexibility index (Phi) is 3.16. The van der Waals surface area contributed by atoms with E-state index in [4.69, 9.17) is 4.52 Å². The molecule has 1 aromatic heterocycles. The highest BCUT2D eigenvalue weighted by atomic mass is 79.9. The molecule has 0 aliphatic heterocycles. The van der Waals surface area contributed by atoms with Crippen molar-refractivity contribution in [3.05, 3.63) is 35.7 Å². The van der Waals surface area contributed by atoms with Crippen molar-refractivity contribution >= 4 is 15.9 Å². The zero-order valence-electron chi connectivity index (χ0n) is 8.40. The molecule has 0 saturated carbocycles. The SMILES string of the molecule is CCc1ccccc1-c1nc(CBr)no1. The molecular weight excluding hydrogens is 256 g/mol. The minimum Gasteiger partial charge on any atom is -0.334 e. The summed E-state index contributed by atoms with van der Waals surface area (Å²) in [5.41, 5.74) is 2.25. The van der Waals surface area contributed by atoms with Crippen LogP contribution in [0.4, 0.5) is 0 Å². The van der Waals surface area contributed by atoms with Gasteiger partial charge in [-0.15, -0.1) is 0 Å². The molecule has 0 bridgehead atoms. The molecule has 0 atom stereocenters. The van der Waals surface area contributed by atoms with E-state index in [0.717, 1.165) is 12.0 Å². The van der Waals surface area contributed by atoms with Gasteiger partial charge in [-0.2, -0.15) is 4.98 Å². The van der Waals surface area contributed by atoms with Gasteiger partial charge in [-0.3, -0.25) is 0 Å². The minimum atomic E-state index is 0.599. The highest BCUT2D eigenvalue weighted by molar-refractivity contribution is 9.08. The lowest BCUT2D eigenvalue weighted by Gasteiger charge is -2.01. The summed E-state index contributed by atoms with van der Waals surface area (Å²) < 4.78 is 5.19. The van der Waals surface area contributed by atoms with Crippen LogP contribution in [0, 0.1) is 0 Å². The number of alkyl halides is 1. The van der Waals surface area contributed by atoms with Gasteiger partial charge in [0, 0.05) is 5.56 Å². The van der Waals surface area contributed by atoms with Crippen molar-refractivity contribution in [1.82, 2.24) is 10.1 Å². The molecule has 0 spiro atoms. The summed E-state index contributed by atoms with van der Waals surface area (Å²) in [5, 5.41) is 4.47. The number of aryl methyl sites for hydroxylation is 1. The highest BCUT2D eigenvalue weighted by Crippen LogP contribution is 2.22. The predicted molar refractivity (Wildman–Crippen MR) is 61.7 cm³/mol. The molecule has 0 unspecified atom stereocenters. The van der Waals surface area contributed by atoms with Crippen molar-refractivity contribution < 1.29 is 4.52 Å². The van der Waals surface area contributed by atoms with Crippen LogP contribution in [0.1, 0.15) is 18.3 Å². The normalized spacial score (nSPS) is 10.5. The number of benzene rings is 1. The first-order chi connectivity index (χ1) is 7.35. The van der Waals surface area contributed by atoms with E-state index in [9.17, 15) is 0 Å². The van der Waals surface area contributed by atoms with Crippen molar-refractivity contribution in [2.75, 3.05) is 0 Å². The van der Waals surface area contributed by atoms with Gasteiger partial charge in [-0.1, -0.05) is 46.2 Å². The lowest BCUT2D eigenvalue weighted by molar-refractivity contribution is 0.425. The standard InChI is InChI=1S/C11H11BrN2O/c1-2-8-5-3-4-6-9(8)11-13-10(7-12)14-15-11/h3-6H,2,7H2,1H3. The first-order valence-corrected chi connectivity index (χ1v) is 5.94. The molecule has 0 radical (unpaired) electrons. The van der Waals surface area contributed by atoms with Gasteiger partial charge in [-0.05, 0) is 18.1 Å². The van der Waals surface area contributed by atoms with Crippen LogP contribution in [0.3, 0.4) is 0 Å². The summed E-state index contributed by atoms with van der Waals surface area (Å²) in [7, 11) is 0. The number of halogens is 1. The zero-order chi connectivity index (χ0) is 10.7. The summed E-state index contributed by atoms with van der Waals surface area (Å²) in [4.78, 5) is 4.28. The third-order valence-electron chi connectivity index (χ3n) is 2.22. The largest absolute Gasteiger partial charge is 0.334 e. The van der Waals surface area contributed by atoms with E-state index in [2.05, 4.69) is 39.1 Å². The van der Waals surface area contributed by atoms with Crippen LogP contribution in [0.2, 0.25) is 0 Å². The molecule has 1 heterocycles. The first kappa shape index (κ1) is 10.4. The summed E-state index contributed by atoms with van der Waals surface area (Å²) >= 11 is 3.29. The molecule has 1 aromatic carbocycles. The van der Waals surface area contributed by atoms with Gasteiger partial charge in [0.15, 0.2) is 5.82 Å². The molecule has 0 fully saturated rings. The molecule has 0 saturated heterocycles. The molecule has 78 valence electrons. The Bertz CT molecular complexity index is 453. The second-order valence-electron chi connectivity index (χ2n) is 3.16. The van der Waals surface area contributed by atoms with Crippen molar-refractivity contribution in [2.45, 2.75) is 18.7 Å². The van der Waals surface area contributed by atoms with E-state index in [0.29, 0.717) is 17.0 Å². The van der Waals surface area contributed by atoms with Gasteiger partial charge in [0.2, 0.25) is 0 Å². The van der Waals surface area contributed by atoms with Crippen LogP contribution in [-0.4, -0.2) is 10.1 Å². The van der Waals surface area contributed by atoms with Crippen LogP contribution < -0.4 is 0 Å². The van der Waals surface area contributed by atoms with Gasteiger partial charge in [0.1, 0.15) is 0 Å². The fraction of sp³-hybridized carbons (Fsp3) is 0.273. The van der Waals surface area contributed by atoms with E-state index < -0.39 is 0 Å². The number of hydrogen-bond acceptors (Lipinski definition) is 3. The Hall–Kier alpha value is -1.16. The molecule has 3 nitrogen and oxygen atoms in total. The van der Waals surface area contributed by atoms with Crippen molar-refractivity contribution in [1.29, 1.82) is 0 Å². The molecule has 4 heteroatoms. The molecule has 15 heavy (non-hydrogen) atoms. The smallest absolute Gasteiger partial charge is 0.258 e. The number of nitrogens with zero attached hydrogens (tertiary/aromatic N) is 2. The Balaban J connectivity index is 2.44. The van der Waals surface area contributed by atoms with E-state index in [1.807, 2.05) is 18.2 Å². The fourth-order valence-corrected chi connectivity index (χ4v) is 1.68. The molecular formula is C11H11BrN2O. The Labute approximate surface area is 96.6 Å². The molecule has 2 rings (SSSR count). The molecule has 0 N–H and O–H groups in total. The Morgan fingerprint density at radius 3 is 2.80 bits per heavy atom. The first-order valence-electron chi connectivity index (χ1n) is 4.82. The Morgan fingerprint density at radius 1 is 1.33 bits per heavy atom. The molecule has 0 amide bonds. The summed E-state index contributed by atoms with van der Waals surface area (Å²) in [6.07, 6.45) is 0.961. The van der Waals surface area contributed by atoms with Crippen LogP contribution in [0.5, 0.6) is 0 Å². The minimum absolute atomic E-state index is 0.599. The summed E-state index contributed by atoms with van der Waals surface area (Å²) in [6.45, 7) is 2.11. The van der Waals surface area contributed by atoms with Gasteiger partial charge in [0.05, 0.1) is 5.33 Å². The quantitative estimate of drug-likeness (QED) is 0.801. The van der Waals surface area contributed by atoms with Gasteiger partial charge >= 0.3 is 0 Å².